The molecule has 0 unspecified atom stereocenters. The van der Waals surface area contributed by atoms with Crippen molar-refractivity contribution in [1.82, 2.24) is 25.4 Å². The molecule has 7 nitrogen and oxygen atoms in total. The Morgan fingerprint density at radius 1 is 1.07 bits per heavy atom. The first-order chi connectivity index (χ1) is 14.7. The number of piperazine rings is 2. The van der Waals surface area contributed by atoms with Gasteiger partial charge in [-0.25, -0.2) is 4.98 Å². The Morgan fingerprint density at radius 3 is 2.67 bits per heavy atom. The molecule has 2 aromatic rings. The van der Waals surface area contributed by atoms with Crippen LogP contribution in [0, 0.1) is 0 Å². The van der Waals surface area contributed by atoms with Crippen molar-refractivity contribution < 1.29 is 4.79 Å². The summed E-state index contributed by atoms with van der Waals surface area (Å²) in [6.45, 7) is 8.45. The van der Waals surface area contributed by atoms with E-state index in [-0.39, 0.29) is 11.9 Å². The summed E-state index contributed by atoms with van der Waals surface area (Å²) >= 11 is 0. The van der Waals surface area contributed by atoms with Crippen molar-refractivity contribution in [2.24, 2.45) is 0 Å². The van der Waals surface area contributed by atoms with E-state index in [4.69, 9.17) is 0 Å². The second kappa shape index (κ2) is 10.0. The summed E-state index contributed by atoms with van der Waals surface area (Å²) in [5.41, 5.74) is 1.76. The van der Waals surface area contributed by atoms with Crippen molar-refractivity contribution in [3.05, 3.63) is 59.8 Å². The molecule has 2 fully saturated rings. The van der Waals surface area contributed by atoms with Gasteiger partial charge in [0.25, 0.3) is 5.91 Å². The molecule has 1 atom stereocenters. The van der Waals surface area contributed by atoms with Crippen molar-refractivity contribution in [3.8, 4) is 0 Å². The maximum absolute atomic E-state index is 12.6. The average Bonchev–Trinajstić information content (AvgIpc) is 2.81. The normalized spacial score (nSPS) is 20.8. The molecule has 1 amide bonds. The summed E-state index contributed by atoms with van der Waals surface area (Å²) in [6.07, 6.45) is 0. The number of carbonyl (C=O) groups is 1. The Bertz CT molecular complexity index is 821. The minimum absolute atomic E-state index is 0.0966. The molecule has 1 aromatic carbocycles. The number of amides is 1. The number of aromatic nitrogens is 1. The average molecular weight is 409 g/mol. The molecule has 1 aromatic heterocycles. The lowest BCUT2D eigenvalue weighted by molar-refractivity contribution is 0.0936. The zero-order valence-corrected chi connectivity index (χ0v) is 17.8. The molecule has 0 saturated carbocycles. The van der Waals surface area contributed by atoms with Crippen LogP contribution >= 0.6 is 0 Å². The third-order valence-corrected chi connectivity index (χ3v) is 5.98. The fourth-order valence-electron chi connectivity index (χ4n) is 4.08. The smallest absolute Gasteiger partial charge is 0.270 e. The SMILES string of the molecule is CN1CCN(CCNC(=O)c2cccc(N3CCN[C@H](c4ccccc4)C3)n2)CC1. The number of carbonyl (C=O) groups excluding carboxylic acids is 1. The lowest BCUT2D eigenvalue weighted by Crippen LogP contribution is -2.47. The van der Waals surface area contributed by atoms with Crippen LogP contribution in [0.5, 0.6) is 0 Å². The lowest BCUT2D eigenvalue weighted by atomic mass is 10.0. The van der Waals surface area contributed by atoms with Crippen LogP contribution in [0.25, 0.3) is 0 Å². The van der Waals surface area contributed by atoms with E-state index < -0.39 is 0 Å². The zero-order valence-electron chi connectivity index (χ0n) is 17.8. The van der Waals surface area contributed by atoms with Gasteiger partial charge in [-0.3, -0.25) is 9.69 Å². The summed E-state index contributed by atoms with van der Waals surface area (Å²) in [5.74, 6) is 0.768. The number of likely N-dealkylation sites (N-methyl/N-ethyl adjacent to an activating group) is 1. The molecular formula is C23H32N6O. The minimum Gasteiger partial charge on any atom is -0.353 e. The van der Waals surface area contributed by atoms with E-state index in [0.717, 1.165) is 58.2 Å². The number of benzene rings is 1. The third kappa shape index (κ3) is 5.36. The van der Waals surface area contributed by atoms with E-state index >= 15 is 0 Å². The van der Waals surface area contributed by atoms with Crippen LogP contribution in [0.2, 0.25) is 0 Å². The standard InChI is InChI=1S/C23H32N6O/c1-27-14-16-28(17-15-27)12-10-25-23(30)20-8-5-9-22(26-20)29-13-11-24-21(18-29)19-6-3-2-4-7-19/h2-9,21,24H,10-18H2,1H3,(H,25,30)/t21-/m0/s1. The monoisotopic (exact) mass is 408 g/mol. The van der Waals surface area contributed by atoms with Crippen molar-refractivity contribution in [2.75, 3.05) is 70.9 Å². The Labute approximate surface area is 179 Å². The molecule has 4 rings (SSSR count). The van der Waals surface area contributed by atoms with Crippen LogP contribution < -0.4 is 15.5 Å². The molecule has 0 radical (unpaired) electrons. The van der Waals surface area contributed by atoms with Crippen LogP contribution in [0.3, 0.4) is 0 Å². The highest BCUT2D eigenvalue weighted by molar-refractivity contribution is 5.92. The van der Waals surface area contributed by atoms with Gasteiger partial charge < -0.3 is 20.4 Å². The largest absolute Gasteiger partial charge is 0.353 e. The Morgan fingerprint density at radius 2 is 1.87 bits per heavy atom. The Kier molecular flexibility index (Phi) is 6.94. The van der Waals surface area contributed by atoms with Crippen molar-refractivity contribution >= 4 is 11.7 Å². The van der Waals surface area contributed by atoms with Crippen LogP contribution in [-0.2, 0) is 0 Å². The highest BCUT2D eigenvalue weighted by atomic mass is 16.1. The van der Waals surface area contributed by atoms with Crippen molar-refractivity contribution in [3.63, 3.8) is 0 Å². The maximum Gasteiger partial charge on any atom is 0.270 e. The van der Waals surface area contributed by atoms with E-state index in [0.29, 0.717) is 12.2 Å². The first-order valence-electron chi connectivity index (χ1n) is 10.9. The van der Waals surface area contributed by atoms with Gasteiger partial charge in [-0.05, 0) is 24.7 Å². The van der Waals surface area contributed by atoms with Gasteiger partial charge in [-0.1, -0.05) is 36.4 Å². The van der Waals surface area contributed by atoms with Gasteiger partial charge in [-0.2, -0.15) is 0 Å². The van der Waals surface area contributed by atoms with Gasteiger partial charge in [0.1, 0.15) is 11.5 Å². The van der Waals surface area contributed by atoms with E-state index in [1.807, 2.05) is 18.2 Å². The fraction of sp³-hybridized carbons (Fsp3) is 0.478. The molecule has 2 N–H and O–H groups in total. The van der Waals surface area contributed by atoms with E-state index in [1.165, 1.54) is 5.56 Å². The van der Waals surface area contributed by atoms with Crippen LogP contribution in [0.1, 0.15) is 22.1 Å². The number of nitrogens with zero attached hydrogens (tertiary/aromatic N) is 4. The molecule has 0 bridgehead atoms. The van der Waals surface area contributed by atoms with E-state index in [1.54, 1.807) is 6.07 Å². The molecule has 2 saturated heterocycles. The van der Waals surface area contributed by atoms with Gasteiger partial charge in [0.05, 0.1) is 0 Å². The second-order valence-electron chi connectivity index (χ2n) is 8.15. The molecule has 0 aliphatic carbocycles. The van der Waals surface area contributed by atoms with E-state index in [9.17, 15) is 4.79 Å². The molecular weight excluding hydrogens is 376 g/mol. The van der Waals surface area contributed by atoms with Gasteiger partial charge in [-0.15, -0.1) is 0 Å². The Hall–Kier alpha value is -2.48. The zero-order chi connectivity index (χ0) is 20.8. The highest BCUT2D eigenvalue weighted by Gasteiger charge is 2.22. The quantitative estimate of drug-likeness (QED) is 0.749. The summed E-state index contributed by atoms with van der Waals surface area (Å²) < 4.78 is 0. The third-order valence-electron chi connectivity index (χ3n) is 5.98. The first-order valence-corrected chi connectivity index (χ1v) is 10.9. The van der Waals surface area contributed by atoms with Gasteiger partial charge in [0.2, 0.25) is 0 Å². The number of pyridine rings is 1. The minimum atomic E-state index is -0.0966. The molecule has 30 heavy (non-hydrogen) atoms. The molecule has 0 spiro atoms. The second-order valence-corrected chi connectivity index (χ2v) is 8.15. The van der Waals surface area contributed by atoms with Crippen molar-refractivity contribution in [2.45, 2.75) is 6.04 Å². The predicted molar refractivity (Wildman–Crippen MR) is 120 cm³/mol. The molecule has 2 aliphatic rings. The number of anilines is 1. The van der Waals surface area contributed by atoms with Crippen molar-refractivity contribution in [1.29, 1.82) is 0 Å². The molecule has 7 heteroatoms. The summed E-state index contributed by atoms with van der Waals surface area (Å²) in [5, 5.41) is 6.61. The van der Waals surface area contributed by atoms with Crippen LogP contribution in [0.15, 0.2) is 48.5 Å². The first kappa shape index (κ1) is 20.8. The van der Waals surface area contributed by atoms with Gasteiger partial charge in [0, 0.05) is 64.9 Å². The molecule has 3 heterocycles. The van der Waals surface area contributed by atoms with E-state index in [2.05, 4.69) is 61.6 Å². The molecule has 2 aliphatic heterocycles. The fourth-order valence-corrected chi connectivity index (χ4v) is 4.08. The molecule has 160 valence electrons. The number of hydrogen-bond acceptors (Lipinski definition) is 6. The summed E-state index contributed by atoms with van der Waals surface area (Å²) in [4.78, 5) is 24.3. The topological polar surface area (TPSA) is 63.7 Å². The lowest BCUT2D eigenvalue weighted by Gasteiger charge is -2.35. The predicted octanol–water partition coefficient (Wildman–Crippen LogP) is 1.21. The Balaban J connectivity index is 1.32. The van der Waals surface area contributed by atoms with Gasteiger partial charge in [0.15, 0.2) is 0 Å². The number of rotatable bonds is 6. The highest BCUT2D eigenvalue weighted by Crippen LogP contribution is 2.21. The summed E-state index contributed by atoms with van der Waals surface area (Å²) in [6, 6.07) is 16.5. The van der Waals surface area contributed by atoms with Gasteiger partial charge >= 0.3 is 0 Å². The maximum atomic E-state index is 12.6. The van der Waals surface area contributed by atoms with Crippen LogP contribution in [-0.4, -0.2) is 86.6 Å². The number of hydrogen-bond donors (Lipinski definition) is 2. The van der Waals surface area contributed by atoms with Crippen LogP contribution in [0.4, 0.5) is 5.82 Å². The summed E-state index contributed by atoms with van der Waals surface area (Å²) in [7, 11) is 2.15. The number of nitrogens with one attached hydrogen (secondary N) is 2.